The van der Waals surface area contributed by atoms with Crippen LogP contribution in [0.2, 0.25) is 0 Å². The molecule has 0 unspecified atom stereocenters. The van der Waals surface area contributed by atoms with Crippen LogP contribution < -0.4 is 21.1 Å². The second-order valence-corrected chi connectivity index (χ2v) is 14.7. The van der Waals surface area contributed by atoms with E-state index in [0.29, 0.717) is 61.6 Å². The number of unbranched alkanes of at least 4 members (excludes halogenated alkanes) is 2. The SMILES string of the molecule is C[C@@H]1CCCCO[C@@H](CN(C)C(=O)Cc2ccccc2)[C@@H](C)CN([C@H](C)CO)C(=O)c2cc(NC(=O)CCCCCC(=O)Nc3ccccc3N)ccc2O1. The smallest absolute Gasteiger partial charge is 0.258 e. The quantitative estimate of drug-likeness (QED) is 0.110. The van der Waals surface area contributed by atoms with Crippen LogP contribution in [-0.4, -0.2) is 90.1 Å². The molecule has 0 radical (unpaired) electrons. The van der Waals surface area contributed by atoms with Crippen molar-refractivity contribution < 1.29 is 33.8 Å². The van der Waals surface area contributed by atoms with E-state index in [1.54, 1.807) is 60.2 Å². The summed E-state index contributed by atoms with van der Waals surface area (Å²) < 4.78 is 12.7. The first-order chi connectivity index (χ1) is 26.4. The largest absolute Gasteiger partial charge is 0.490 e. The highest BCUT2D eigenvalue weighted by Gasteiger charge is 2.31. The minimum Gasteiger partial charge on any atom is -0.490 e. The number of benzene rings is 3. The van der Waals surface area contributed by atoms with Crippen molar-refractivity contribution >= 4 is 40.7 Å². The molecule has 12 nitrogen and oxygen atoms in total. The van der Waals surface area contributed by atoms with Crippen LogP contribution in [0.5, 0.6) is 5.75 Å². The van der Waals surface area contributed by atoms with Gasteiger partial charge >= 0.3 is 0 Å². The zero-order chi connectivity index (χ0) is 39.7. The number of fused-ring (bicyclic) bond motifs is 1. The van der Waals surface area contributed by atoms with Gasteiger partial charge in [-0.1, -0.05) is 55.8 Å². The Bertz CT molecular complexity index is 1700. The molecule has 0 aromatic heterocycles. The number of aliphatic hydroxyl groups excluding tert-OH is 1. The Labute approximate surface area is 325 Å². The topological polar surface area (TPSA) is 164 Å². The summed E-state index contributed by atoms with van der Waals surface area (Å²) in [5, 5.41) is 16.0. The summed E-state index contributed by atoms with van der Waals surface area (Å²) in [7, 11) is 1.78. The lowest BCUT2D eigenvalue weighted by Gasteiger charge is -2.36. The van der Waals surface area contributed by atoms with Crippen LogP contribution in [0.15, 0.2) is 72.8 Å². The Morgan fingerprint density at radius 3 is 2.35 bits per heavy atom. The van der Waals surface area contributed by atoms with Crippen LogP contribution >= 0.6 is 0 Å². The molecule has 3 aromatic carbocycles. The van der Waals surface area contributed by atoms with Gasteiger partial charge < -0.3 is 40.7 Å². The van der Waals surface area contributed by atoms with Crippen LogP contribution in [0.1, 0.15) is 88.1 Å². The average Bonchev–Trinajstić information content (AvgIpc) is 3.17. The van der Waals surface area contributed by atoms with Gasteiger partial charge in [-0.2, -0.15) is 0 Å². The molecule has 0 saturated heterocycles. The van der Waals surface area contributed by atoms with Gasteiger partial charge in [0.15, 0.2) is 0 Å². The number of anilines is 3. The van der Waals surface area contributed by atoms with Crippen molar-refractivity contribution in [3.8, 4) is 5.75 Å². The number of carbonyl (C=O) groups is 4. The van der Waals surface area contributed by atoms with Gasteiger partial charge in [0.05, 0.1) is 48.2 Å². The lowest BCUT2D eigenvalue weighted by Crippen LogP contribution is -2.48. The predicted octanol–water partition coefficient (Wildman–Crippen LogP) is 6.29. The van der Waals surface area contributed by atoms with E-state index in [2.05, 4.69) is 10.6 Å². The molecule has 4 atom stereocenters. The summed E-state index contributed by atoms with van der Waals surface area (Å²) in [5.74, 6) is -0.483. The fraction of sp³-hybridized carbons (Fsp3) is 0.488. The highest BCUT2D eigenvalue weighted by Crippen LogP contribution is 2.29. The second kappa shape index (κ2) is 21.8. The Kier molecular flexibility index (Phi) is 17.0. The third-order valence-corrected chi connectivity index (χ3v) is 9.96. The average molecular weight is 758 g/mol. The first-order valence-electron chi connectivity index (χ1n) is 19.5. The molecule has 0 bridgehead atoms. The van der Waals surface area contributed by atoms with Crippen LogP contribution in [0.4, 0.5) is 17.1 Å². The first-order valence-corrected chi connectivity index (χ1v) is 19.5. The van der Waals surface area contributed by atoms with Gasteiger partial charge in [0.2, 0.25) is 17.7 Å². The summed E-state index contributed by atoms with van der Waals surface area (Å²) in [6.07, 6.45) is 4.60. The van der Waals surface area contributed by atoms with Gasteiger partial charge in [-0.25, -0.2) is 0 Å². The number of nitrogens with zero attached hydrogens (tertiary/aromatic N) is 2. The number of ether oxygens (including phenoxy) is 2. The van der Waals surface area contributed by atoms with Crippen molar-refractivity contribution in [2.45, 2.75) is 96.8 Å². The molecule has 5 N–H and O–H groups in total. The van der Waals surface area contributed by atoms with Crippen molar-refractivity contribution in [2.75, 3.05) is 49.7 Å². The molecule has 1 aliphatic heterocycles. The molecule has 55 heavy (non-hydrogen) atoms. The number of likely N-dealkylation sites (N-methyl/N-ethyl adjacent to an activating group) is 1. The number of amides is 4. The van der Waals surface area contributed by atoms with Crippen molar-refractivity contribution in [3.05, 3.63) is 83.9 Å². The Hall–Kier alpha value is -4.94. The molecule has 298 valence electrons. The normalized spacial score (nSPS) is 18.6. The Morgan fingerprint density at radius 1 is 0.945 bits per heavy atom. The Balaban J connectivity index is 1.42. The van der Waals surface area contributed by atoms with Gasteiger partial charge in [0, 0.05) is 51.2 Å². The number of hydrogen-bond donors (Lipinski definition) is 4. The number of nitrogen functional groups attached to an aromatic ring is 1. The first kappa shape index (κ1) is 42.8. The summed E-state index contributed by atoms with van der Waals surface area (Å²) in [4.78, 5) is 56.3. The molecule has 3 aromatic rings. The van der Waals surface area contributed by atoms with Crippen LogP contribution in [0.25, 0.3) is 0 Å². The van der Waals surface area contributed by atoms with E-state index in [1.807, 2.05) is 50.2 Å². The molecular formula is C43H59N5O7. The number of nitrogens with two attached hydrogens (primary N) is 1. The highest BCUT2D eigenvalue weighted by atomic mass is 16.5. The van der Waals surface area contributed by atoms with Gasteiger partial charge in [0.1, 0.15) is 5.75 Å². The number of nitrogens with one attached hydrogen (secondary N) is 2. The zero-order valence-electron chi connectivity index (χ0n) is 32.8. The maximum atomic E-state index is 14.4. The van der Waals surface area contributed by atoms with E-state index in [1.165, 1.54) is 0 Å². The lowest BCUT2D eigenvalue weighted by atomic mass is 10.0. The van der Waals surface area contributed by atoms with Gasteiger partial charge in [-0.3, -0.25) is 19.2 Å². The maximum Gasteiger partial charge on any atom is 0.258 e. The van der Waals surface area contributed by atoms with E-state index < -0.39 is 6.04 Å². The molecule has 1 aliphatic rings. The molecule has 4 rings (SSSR count). The second-order valence-electron chi connectivity index (χ2n) is 14.7. The zero-order valence-corrected chi connectivity index (χ0v) is 32.8. The van der Waals surface area contributed by atoms with Crippen molar-refractivity contribution in [1.82, 2.24) is 9.80 Å². The van der Waals surface area contributed by atoms with E-state index in [0.717, 1.165) is 24.8 Å². The van der Waals surface area contributed by atoms with Gasteiger partial charge in [-0.05, 0) is 81.8 Å². The van der Waals surface area contributed by atoms with Gasteiger partial charge in [-0.15, -0.1) is 0 Å². The predicted molar refractivity (Wildman–Crippen MR) is 216 cm³/mol. The minimum atomic E-state index is -0.531. The van der Waals surface area contributed by atoms with Crippen LogP contribution in [0.3, 0.4) is 0 Å². The lowest BCUT2D eigenvalue weighted by molar-refractivity contribution is -0.132. The highest BCUT2D eigenvalue weighted by molar-refractivity contribution is 6.00. The van der Waals surface area contributed by atoms with E-state index in [9.17, 15) is 24.3 Å². The third-order valence-electron chi connectivity index (χ3n) is 9.96. The van der Waals surface area contributed by atoms with Crippen molar-refractivity contribution in [2.24, 2.45) is 5.92 Å². The summed E-state index contributed by atoms with van der Waals surface area (Å²) in [6.45, 7) is 6.60. The van der Waals surface area contributed by atoms with E-state index >= 15 is 0 Å². The number of rotatable bonds is 14. The van der Waals surface area contributed by atoms with Crippen molar-refractivity contribution in [1.29, 1.82) is 0 Å². The molecule has 0 aliphatic carbocycles. The molecule has 1 heterocycles. The van der Waals surface area contributed by atoms with Crippen LogP contribution in [0, 0.1) is 5.92 Å². The fourth-order valence-corrected chi connectivity index (χ4v) is 6.54. The maximum absolute atomic E-state index is 14.4. The number of carbonyl (C=O) groups excluding carboxylic acids is 4. The molecule has 0 saturated carbocycles. The minimum absolute atomic E-state index is 0.0234. The molecule has 12 heteroatoms. The van der Waals surface area contributed by atoms with Crippen molar-refractivity contribution in [3.63, 3.8) is 0 Å². The third kappa shape index (κ3) is 13.7. The standard InChI is InChI=1S/C43H59N5O7/c1-30-27-48(31(2)29-49)43(53)35-26-34(45-40(50)20-9-6-10-21-41(51)46-37-19-12-11-18-36(37)44)22-23-38(35)55-32(3)15-13-14-24-54-39(30)28-47(4)42(52)25-33-16-7-5-8-17-33/h5,7-8,11-12,16-19,22-23,26,30-32,39,49H,6,9-10,13-15,20-21,24-25,27-29,44H2,1-4H3,(H,45,50)(H,46,51)/t30-,31+,32+,39-/m0/s1. The number of para-hydroxylation sites is 2. The fourth-order valence-electron chi connectivity index (χ4n) is 6.54. The molecule has 0 spiro atoms. The van der Waals surface area contributed by atoms with E-state index in [-0.39, 0.29) is 73.3 Å². The van der Waals surface area contributed by atoms with E-state index in [4.69, 9.17) is 15.2 Å². The number of hydrogen-bond acceptors (Lipinski definition) is 8. The monoisotopic (exact) mass is 757 g/mol. The summed E-state index contributed by atoms with van der Waals surface area (Å²) >= 11 is 0. The molecular weight excluding hydrogens is 699 g/mol. The van der Waals surface area contributed by atoms with Gasteiger partial charge in [0.25, 0.3) is 5.91 Å². The summed E-state index contributed by atoms with van der Waals surface area (Å²) in [6, 6.07) is 21.3. The molecule has 4 amide bonds. The number of aliphatic hydroxyl groups is 1. The summed E-state index contributed by atoms with van der Waals surface area (Å²) in [5.41, 5.74) is 8.68. The molecule has 0 fully saturated rings. The van der Waals surface area contributed by atoms with Crippen LogP contribution in [-0.2, 0) is 25.5 Å². The Morgan fingerprint density at radius 2 is 1.64 bits per heavy atom.